The van der Waals surface area contributed by atoms with Gasteiger partial charge in [-0.2, -0.15) is 0 Å². The fourth-order valence-electron chi connectivity index (χ4n) is 3.25. The number of amides is 1. The van der Waals surface area contributed by atoms with Crippen molar-refractivity contribution >= 4 is 6.09 Å². The first-order valence-corrected chi connectivity index (χ1v) is 6.94. The number of rotatable bonds is 0. The van der Waals surface area contributed by atoms with Gasteiger partial charge >= 0.3 is 6.09 Å². The van der Waals surface area contributed by atoms with Crippen molar-refractivity contribution in [2.24, 2.45) is 0 Å². The number of likely N-dealkylation sites (tertiary alicyclic amines) is 1. The maximum Gasteiger partial charge on any atom is 0.410 e. The first-order valence-electron chi connectivity index (χ1n) is 6.94. The van der Waals surface area contributed by atoms with Crippen molar-refractivity contribution < 1.29 is 9.53 Å². The average molecular weight is 239 g/mol. The van der Waals surface area contributed by atoms with Crippen LogP contribution in [-0.4, -0.2) is 28.7 Å². The largest absolute Gasteiger partial charge is 0.444 e. The zero-order valence-corrected chi connectivity index (χ0v) is 11.4. The number of hydrogen-bond acceptors (Lipinski definition) is 2. The van der Waals surface area contributed by atoms with Crippen LogP contribution in [0.4, 0.5) is 4.79 Å². The number of hydrogen-bond donors (Lipinski definition) is 0. The molecular weight excluding hydrogens is 214 g/mol. The van der Waals surface area contributed by atoms with E-state index in [0.29, 0.717) is 0 Å². The third-order valence-electron chi connectivity index (χ3n) is 3.99. The number of ether oxygens (including phenoxy) is 1. The lowest BCUT2D eigenvalue weighted by molar-refractivity contribution is -0.0142. The minimum absolute atomic E-state index is 0.0981. The van der Waals surface area contributed by atoms with E-state index in [1.54, 1.807) is 0 Å². The summed E-state index contributed by atoms with van der Waals surface area (Å²) in [6, 6.07) is 0. The highest BCUT2D eigenvalue weighted by molar-refractivity contribution is 5.69. The van der Waals surface area contributed by atoms with Gasteiger partial charge in [0.1, 0.15) is 5.60 Å². The highest BCUT2D eigenvalue weighted by atomic mass is 16.6. The van der Waals surface area contributed by atoms with E-state index in [1.807, 2.05) is 25.7 Å². The maximum absolute atomic E-state index is 12.3. The Kier molecular flexibility index (Phi) is 3.37. The lowest BCUT2D eigenvalue weighted by Crippen LogP contribution is -2.54. The number of piperidine rings is 1. The number of carbonyl (C=O) groups is 1. The molecule has 1 amide bonds. The zero-order chi connectivity index (χ0) is 12.5. The summed E-state index contributed by atoms with van der Waals surface area (Å²) in [4.78, 5) is 14.3. The fourth-order valence-corrected chi connectivity index (χ4v) is 3.25. The summed E-state index contributed by atoms with van der Waals surface area (Å²) in [6.07, 6.45) is 8.34. The molecule has 17 heavy (non-hydrogen) atoms. The van der Waals surface area contributed by atoms with Crippen molar-refractivity contribution in [3.8, 4) is 0 Å². The Morgan fingerprint density at radius 1 is 1.06 bits per heavy atom. The van der Waals surface area contributed by atoms with Gasteiger partial charge in [0.15, 0.2) is 0 Å². The minimum atomic E-state index is -0.381. The smallest absolute Gasteiger partial charge is 0.410 e. The molecule has 0 atom stereocenters. The summed E-state index contributed by atoms with van der Waals surface area (Å²) < 4.78 is 5.55. The van der Waals surface area contributed by atoms with Crippen LogP contribution in [0.25, 0.3) is 0 Å². The summed E-state index contributed by atoms with van der Waals surface area (Å²) in [5.41, 5.74) is -0.241. The van der Waals surface area contributed by atoms with Crippen LogP contribution in [0.3, 0.4) is 0 Å². The van der Waals surface area contributed by atoms with Crippen molar-refractivity contribution in [2.45, 2.75) is 76.9 Å². The molecule has 0 aromatic heterocycles. The molecule has 1 saturated carbocycles. The predicted molar refractivity (Wildman–Crippen MR) is 68.0 cm³/mol. The Morgan fingerprint density at radius 3 is 2.12 bits per heavy atom. The van der Waals surface area contributed by atoms with Crippen LogP contribution in [0.5, 0.6) is 0 Å². The first-order chi connectivity index (χ1) is 7.93. The molecule has 0 unspecified atom stereocenters. The lowest BCUT2D eigenvalue weighted by Gasteiger charge is -2.45. The molecular formula is C14H25NO2. The van der Waals surface area contributed by atoms with E-state index >= 15 is 0 Å². The number of carbonyl (C=O) groups excluding carboxylic acids is 1. The van der Waals surface area contributed by atoms with Gasteiger partial charge in [0.05, 0.1) is 0 Å². The summed E-state index contributed by atoms with van der Waals surface area (Å²) in [6.45, 7) is 6.71. The first kappa shape index (κ1) is 12.7. The van der Waals surface area contributed by atoms with E-state index in [9.17, 15) is 4.79 Å². The molecule has 2 fully saturated rings. The van der Waals surface area contributed by atoms with Crippen LogP contribution in [0.1, 0.15) is 65.7 Å². The standard InChI is InChI=1S/C14H25NO2/c1-13(2,3)17-12(16)15-11-7-6-10-14(15)8-4-5-9-14/h4-11H2,1-3H3. The van der Waals surface area contributed by atoms with E-state index in [0.717, 1.165) is 13.0 Å². The second-order valence-electron chi connectivity index (χ2n) is 6.52. The van der Waals surface area contributed by atoms with Gasteiger partial charge in [0, 0.05) is 12.1 Å². The van der Waals surface area contributed by atoms with Crippen LogP contribution in [-0.2, 0) is 4.74 Å². The molecule has 2 rings (SSSR count). The second-order valence-corrected chi connectivity index (χ2v) is 6.52. The van der Waals surface area contributed by atoms with Gasteiger partial charge in [-0.15, -0.1) is 0 Å². The molecule has 0 aromatic carbocycles. The molecule has 1 heterocycles. The van der Waals surface area contributed by atoms with Gasteiger partial charge in [-0.05, 0) is 52.9 Å². The molecule has 2 aliphatic rings. The topological polar surface area (TPSA) is 29.5 Å². The van der Waals surface area contributed by atoms with E-state index in [2.05, 4.69) is 0 Å². The summed E-state index contributed by atoms with van der Waals surface area (Å²) >= 11 is 0. The molecule has 1 spiro atoms. The van der Waals surface area contributed by atoms with Crippen LogP contribution in [0, 0.1) is 0 Å². The molecule has 0 bridgehead atoms. The van der Waals surface area contributed by atoms with Gasteiger partial charge < -0.3 is 9.64 Å². The fraction of sp³-hybridized carbons (Fsp3) is 0.929. The molecule has 98 valence electrons. The third kappa shape index (κ3) is 2.75. The van der Waals surface area contributed by atoms with Crippen molar-refractivity contribution in [3.63, 3.8) is 0 Å². The molecule has 0 radical (unpaired) electrons. The predicted octanol–water partition coefficient (Wildman–Crippen LogP) is 3.72. The normalized spacial score (nSPS) is 24.1. The van der Waals surface area contributed by atoms with E-state index < -0.39 is 0 Å². The Balaban J connectivity index is 2.08. The Morgan fingerprint density at radius 2 is 1.59 bits per heavy atom. The zero-order valence-electron chi connectivity index (χ0n) is 11.4. The molecule has 3 nitrogen and oxygen atoms in total. The molecule has 1 saturated heterocycles. The van der Waals surface area contributed by atoms with Crippen LogP contribution >= 0.6 is 0 Å². The van der Waals surface area contributed by atoms with Crippen molar-refractivity contribution in [2.75, 3.05) is 6.54 Å². The minimum Gasteiger partial charge on any atom is -0.444 e. The van der Waals surface area contributed by atoms with Gasteiger partial charge in [0.25, 0.3) is 0 Å². The quantitative estimate of drug-likeness (QED) is 0.644. The van der Waals surface area contributed by atoms with Gasteiger partial charge in [-0.3, -0.25) is 0 Å². The Bertz CT molecular complexity index is 287. The molecule has 0 aromatic rings. The molecule has 1 aliphatic heterocycles. The van der Waals surface area contributed by atoms with Gasteiger partial charge in [-0.1, -0.05) is 12.8 Å². The highest BCUT2D eigenvalue weighted by Gasteiger charge is 2.44. The molecule has 0 N–H and O–H groups in total. The van der Waals surface area contributed by atoms with E-state index in [1.165, 1.54) is 38.5 Å². The van der Waals surface area contributed by atoms with Crippen molar-refractivity contribution in [1.29, 1.82) is 0 Å². The van der Waals surface area contributed by atoms with Crippen LogP contribution in [0.2, 0.25) is 0 Å². The van der Waals surface area contributed by atoms with Crippen molar-refractivity contribution in [3.05, 3.63) is 0 Å². The maximum atomic E-state index is 12.3. The van der Waals surface area contributed by atoms with Gasteiger partial charge in [0.2, 0.25) is 0 Å². The summed E-state index contributed by atoms with van der Waals surface area (Å²) in [7, 11) is 0. The number of nitrogens with zero attached hydrogens (tertiary/aromatic N) is 1. The monoisotopic (exact) mass is 239 g/mol. The van der Waals surface area contributed by atoms with Crippen molar-refractivity contribution in [1.82, 2.24) is 4.90 Å². The second kappa shape index (κ2) is 4.51. The summed E-state index contributed by atoms with van der Waals surface area (Å²) in [5.74, 6) is 0. The lowest BCUT2D eigenvalue weighted by atomic mass is 9.85. The SMILES string of the molecule is CC(C)(C)OC(=O)N1CCCCC12CCCC2. The summed E-state index contributed by atoms with van der Waals surface area (Å²) in [5, 5.41) is 0. The van der Waals surface area contributed by atoms with Gasteiger partial charge in [-0.25, -0.2) is 4.79 Å². The molecule has 3 heteroatoms. The van der Waals surface area contributed by atoms with Crippen LogP contribution < -0.4 is 0 Å². The van der Waals surface area contributed by atoms with E-state index in [-0.39, 0.29) is 17.2 Å². The van der Waals surface area contributed by atoms with Crippen LogP contribution in [0.15, 0.2) is 0 Å². The average Bonchev–Trinajstić information content (AvgIpc) is 2.65. The highest BCUT2D eigenvalue weighted by Crippen LogP contribution is 2.42. The third-order valence-corrected chi connectivity index (χ3v) is 3.99. The Labute approximate surface area is 105 Å². The van der Waals surface area contributed by atoms with E-state index in [4.69, 9.17) is 4.74 Å². The Hall–Kier alpha value is -0.730. The molecule has 1 aliphatic carbocycles.